The van der Waals surface area contributed by atoms with Crippen molar-refractivity contribution in [2.75, 3.05) is 13.1 Å². The summed E-state index contributed by atoms with van der Waals surface area (Å²) in [5.74, 6) is 5.31. The normalized spacial score (nSPS) is 15.8. The second kappa shape index (κ2) is 8.87. The number of benzene rings is 2. The first-order chi connectivity index (χ1) is 12.7. The number of amides is 2. The number of likely N-dealkylation sites (tertiary alicyclic amines) is 1. The fraction of sp³-hybridized carbons (Fsp3) is 0.273. The Kier molecular flexibility index (Phi) is 6.05. The average Bonchev–Trinajstić information content (AvgIpc) is 3.14. The predicted octanol–water partition coefficient (Wildman–Crippen LogP) is 2.39. The number of carbonyl (C=O) groups is 2. The smallest absolute Gasteiger partial charge is 0.296 e. The van der Waals surface area contributed by atoms with Gasteiger partial charge < -0.3 is 10.2 Å². The minimum absolute atomic E-state index is 0.0201. The zero-order valence-electron chi connectivity index (χ0n) is 14.7. The highest BCUT2D eigenvalue weighted by Crippen LogP contribution is 2.12. The zero-order chi connectivity index (χ0) is 18.2. The van der Waals surface area contributed by atoms with Gasteiger partial charge in [0.2, 0.25) is 5.91 Å². The molecule has 1 aliphatic heterocycles. The minimum atomic E-state index is -0.294. The van der Waals surface area contributed by atoms with E-state index in [0.717, 1.165) is 18.4 Å². The van der Waals surface area contributed by atoms with Crippen LogP contribution in [0.2, 0.25) is 0 Å². The lowest BCUT2D eigenvalue weighted by Crippen LogP contribution is -2.38. The zero-order valence-corrected chi connectivity index (χ0v) is 14.7. The van der Waals surface area contributed by atoms with Gasteiger partial charge in [0, 0.05) is 37.0 Å². The summed E-state index contributed by atoms with van der Waals surface area (Å²) in [5, 5.41) is 2.90. The third-order valence-corrected chi connectivity index (χ3v) is 4.44. The van der Waals surface area contributed by atoms with Crippen LogP contribution in [0, 0.1) is 11.8 Å². The largest absolute Gasteiger partial charge is 0.341 e. The summed E-state index contributed by atoms with van der Waals surface area (Å²) in [6.07, 6.45) is 2.02. The highest BCUT2D eigenvalue weighted by molar-refractivity contribution is 5.94. The maximum Gasteiger partial charge on any atom is 0.296 e. The Hall–Kier alpha value is -3.06. The molecule has 0 aromatic heterocycles. The molecule has 132 valence electrons. The number of rotatable bonds is 4. The molecule has 26 heavy (non-hydrogen) atoms. The quantitative estimate of drug-likeness (QED) is 0.864. The summed E-state index contributed by atoms with van der Waals surface area (Å²) >= 11 is 0. The van der Waals surface area contributed by atoms with E-state index in [1.807, 2.05) is 65.6 Å². The van der Waals surface area contributed by atoms with Gasteiger partial charge in [0.25, 0.3) is 5.91 Å². The van der Waals surface area contributed by atoms with E-state index in [0.29, 0.717) is 19.5 Å². The van der Waals surface area contributed by atoms with Crippen molar-refractivity contribution in [3.05, 3.63) is 71.8 Å². The van der Waals surface area contributed by atoms with Crippen LogP contribution in [-0.4, -0.2) is 35.8 Å². The molecule has 3 rings (SSSR count). The first-order valence-corrected chi connectivity index (χ1v) is 8.90. The van der Waals surface area contributed by atoms with Crippen molar-refractivity contribution in [3.63, 3.8) is 0 Å². The summed E-state index contributed by atoms with van der Waals surface area (Å²) in [4.78, 5) is 26.1. The molecule has 1 N–H and O–H groups in total. The van der Waals surface area contributed by atoms with Crippen molar-refractivity contribution in [2.45, 2.75) is 25.3 Å². The fourth-order valence-corrected chi connectivity index (χ4v) is 3.03. The third-order valence-electron chi connectivity index (χ3n) is 4.44. The number of hydrogen-bond acceptors (Lipinski definition) is 2. The number of aryl methyl sites for hydroxylation is 1. The van der Waals surface area contributed by atoms with Gasteiger partial charge in [0.15, 0.2) is 0 Å². The Labute approximate surface area is 154 Å². The molecule has 2 aromatic carbocycles. The third kappa shape index (κ3) is 5.22. The van der Waals surface area contributed by atoms with Gasteiger partial charge in [0.05, 0.1) is 0 Å². The van der Waals surface area contributed by atoms with Crippen LogP contribution >= 0.6 is 0 Å². The Morgan fingerprint density at radius 1 is 1.04 bits per heavy atom. The second-order valence-corrected chi connectivity index (χ2v) is 6.40. The van der Waals surface area contributed by atoms with Gasteiger partial charge in [-0.2, -0.15) is 0 Å². The molecular weight excluding hydrogens is 324 g/mol. The molecule has 4 heteroatoms. The van der Waals surface area contributed by atoms with E-state index in [1.54, 1.807) is 0 Å². The molecule has 2 aromatic rings. The summed E-state index contributed by atoms with van der Waals surface area (Å²) < 4.78 is 0. The fourth-order valence-electron chi connectivity index (χ4n) is 3.03. The number of nitrogens with one attached hydrogen (secondary N) is 1. The van der Waals surface area contributed by atoms with Crippen LogP contribution in [0.5, 0.6) is 0 Å². The molecule has 1 saturated heterocycles. The van der Waals surface area contributed by atoms with Crippen LogP contribution in [0.4, 0.5) is 0 Å². The SMILES string of the molecule is O=C(C#Cc1ccccc1)NC1CCN(C(=O)CCc2ccccc2)C1. The van der Waals surface area contributed by atoms with Gasteiger partial charge in [0.1, 0.15) is 0 Å². The molecule has 1 unspecified atom stereocenters. The maximum absolute atomic E-state index is 12.3. The first kappa shape index (κ1) is 17.8. The number of carbonyl (C=O) groups excluding carboxylic acids is 2. The Bertz CT molecular complexity index is 806. The van der Waals surface area contributed by atoms with Gasteiger partial charge in [-0.3, -0.25) is 9.59 Å². The summed E-state index contributed by atoms with van der Waals surface area (Å²) in [6, 6.07) is 19.4. The van der Waals surface area contributed by atoms with Gasteiger partial charge in [-0.05, 0) is 30.5 Å². The van der Waals surface area contributed by atoms with E-state index < -0.39 is 0 Å². The van der Waals surface area contributed by atoms with Crippen molar-refractivity contribution in [3.8, 4) is 11.8 Å². The molecule has 1 heterocycles. The maximum atomic E-state index is 12.3. The van der Waals surface area contributed by atoms with Crippen LogP contribution in [0.15, 0.2) is 60.7 Å². The molecule has 0 radical (unpaired) electrons. The van der Waals surface area contributed by atoms with Crippen molar-refractivity contribution in [1.29, 1.82) is 0 Å². The summed E-state index contributed by atoms with van der Waals surface area (Å²) in [5.41, 5.74) is 1.98. The molecule has 1 fully saturated rings. The van der Waals surface area contributed by atoms with Crippen LogP contribution in [-0.2, 0) is 16.0 Å². The van der Waals surface area contributed by atoms with E-state index in [-0.39, 0.29) is 17.9 Å². The molecule has 0 aliphatic carbocycles. The first-order valence-electron chi connectivity index (χ1n) is 8.90. The van der Waals surface area contributed by atoms with E-state index in [9.17, 15) is 9.59 Å². The molecule has 2 amide bonds. The van der Waals surface area contributed by atoms with Crippen LogP contribution < -0.4 is 5.32 Å². The van der Waals surface area contributed by atoms with Crippen molar-refractivity contribution >= 4 is 11.8 Å². The Morgan fingerprint density at radius 2 is 1.73 bits per heavy atom. The molecule has 0 saturated carbocycles. The Morgan fingerprint density at radius 3 is 2.46 bits per heavy atom. The van der Waals surface area contributed by atoms with Crippen LogP contribution in [0.3, 0.4) is 0 Å². The lowest BCUT2D eigenvalue weighted by molar-refractivity contribution is -0.130. The van der Waals surface area contributed by atoms with Crippen LogP contribution in [0.1, 0.15) is 24.0 Å². The molecule has 4 nitrogen and oxygen atoms in total. The summed E-state index contributed by atoms with van der Waals surface area (Å²) in [6.45, 7) is 1.25. The topological polar surface area (TPSA) is 49.4 Å². The predicted molar refractivity (Wildman–Crippen MR) is 101 cm³/mol. The van der Waals surface area contributed by atoms with Crippen molar-refractivity contribution in [2.24, 2.45) is 0 Å². The lowest BCUT2D eigenvalue weighted by Gasteiger charge is -2.16. The summed E-state index contributed by atoms with van der Waals surface area (Å²) in [7, 11) is 0. The molecular formula is C22H22N2O2. The highest BCUT2D eigenvalue weighted by Gasteiger charge is 2.26. The lowest BCUT2D eigenvalue weighted by atomic mass is 10.1. The van der Waals surface area contributed by atoms with Crippen LogP contribution in [0.25, 0.3) is 0 Å². The standard InChI is InChI=1S/C22H22N2O2/c25-21(13-11-18-7-3-1-4-8-18)23-20-15-16-24(17-20)22(26)14-12-19-9-5-2-6-10-19/h1-10,20H,12,14-17H2,(H,23,25). The molecule has 0 spiro atoms. The van der Waals surface area contributed by atoms with Gasteiger partial charge in [-0.25, -0.2) is 0 Å². The molecule has 1 aliphatic rings. The average molecular weight is 346 g/mol. The number of hydrogen-bond donors (Lipinski definition) is 1. The van der Waals surface area contributed by atoms with E-state index >= 15 is 0 Å². The van der Waals surface area contributed by atoms with E-state index in [1.165, 1.54) is 5.56 Å². The van der Waals surface area contributed by atoms with Gasteiger partial charge in [-0.15, -0.1) is 0 Å². The highest BCUT2D eigenvalue weighted by atomic mass is 16.2. The molecule has 1 atom stereocenters. The Balaban J connectivity index is 1.44. The molecule has 0 bridgehead atoms. The van der Waals surface area contributed by atoms with E-state index in [4.69, 9.17) is 0 Å². The van der Waals surface area contributed by atoms with Gasteiger partial charge >= 0.3 is 0 Å². The minimum Gasteiger partial charge on any atom is -0.341 e. The van der Waals surface area contributed by atoms with E-state index in [2.05, 4.69) is 17.2 Å². The van der Waals surface area contributed by atoms with Crippen molar-refractivity contribution in [1.82, 2.24) is 10.2 Å². The second-order valence-electron chi connectivity index (χ2n) is 6.40. The van der Waals surface area contributed by atoms with Crippen molar-refractivity contribution < 1.29 is 9.59 Å². The monoisotopic (exact) mass is 346 g/mol. The van der Waals surface area contributed by atoms with Gasteiger partial charge in [-0.1, -0.05) is 54.5 Å². The number of nitrogens with zero attached hydrogens (tertiary/aromatic N) is 1.